The van der Waals surface area contributed by atoms with Gasteiger partial charge in [0.2, 0.25) is 5.91 Å². The van der Waals surface area contributed by atoms with Gasteiger partial charge in [-0.3, -0.25) is 9.69 Å². The number of nitrogens with zero attached hydrogens (tertiary/aromatic N) is 3. The summed E-state index contributed by atoms with van der Waals surface area (Å²) in [5.74, 6) is 0.368. The van der Waals surface area contributed by atoms with E-state index in [1.807, 2.05) is 59.3 Å². The fraction of sp³-hybridized carbons (Fsp3) is 0.333. The van der Waals surface area contributed by atoms with E-state index in [9.17, 15) is 9.90 Å². The minimum atomic E-state index is -0.0137. The van der Waals surface area contributed by atoms with Gasteiger partial charge < -0.3 is 14.8 Å². The monoisotopic (exact) mass is 364 g/mol. The van der Waals surface area contributed by atoms with Crippen LogP contribution in [0.2, 0.25) is 0 Å². The third-order valence-corrected chi connectivity index (χ3v) is 5.14. The van der Waals surface area contributed by atoms with Gasteiger partial charge in [-0.25, -0.2) is 4.98 Å². The predicted octanol–water partition coefficient (Wildman–Crippen LogP) is 2.64. The summed E-state index contributed by atoms with van der Waals surface area (Å²) in [5, 5.41) is 12.2. The number of aromatic nitrogens is 2. The molecule has 3 aromatic rings. The molecule has 0 saturated carbocycles. The van der Waals surface area contributed by atoms with Gasteiger partial charge in [-0.05, 0) is 44.0 Å². The van der Waals surface area contributed by atoms with Crippen molar-refractivity contribution < 1.29 is 9.90 Å². The maximum absolute atomic E-state index is 12.4. The van der Waals surface area contributed by atoms with Crippen LogP contribution in [0.25, 0.3) is 16.9 Å². The highest BCUT2D eigenvalue weighted by Gasteiger charge is 2.20. The lowest BCUT2D eigenvalue weighted by atomic mass is 9.98. The lowest BCUT2D eigenvalue weighted by molar-refractivity contribution is -0.117. The molecule has 4 rings (SSSR count). The zero-order valence-corrected chi connectivity index (χ0v) is 15.2. The Hall–Kier alpha value is -2.70. The number of carbonyl (C=O) groups excluding carboxylic acids is 1. The molecule has 0 aliphatic carbocycles. The second kappa shape index (κ2) is 7.90. The summed E-state index contributed by atoms with van der Waals surface area (Å²) in [6.45, 7) is 2.35. The van der Waals surface area contributed by atoms with Crippen LogP contribution in [-0.4, -0.2) is 51.5 Å². The van der Waals surface area contributed by atoms with Crippen molar-refractivity contribution in [3.8, 4) is 11.3 Å². The van der Waals surface area contributed by atoms with E-state index < -0.39 is 0 Å². The lowest BCUT2D eigenvalue weighted by Crippen LogP contribution is -2.39. The minimum Gasteiger partial charge on any atom is -0.396 e. The molecule has 1 amide bonds. The molecule has 0 bridgehead atoms. The Morgan fingerprint density at radius 1 is 1.11 bits per heavy atom. The smallest absolute Gasteiger partial charge is 0.238 e. The number of hydrogen-bond donors (Lipinski definition) is 2. The highest BCUT2D eigenvalue weighted by Crippen LogP contribution is 2.20. The molecule has 2 N–H and O–H groups in total. The van der Waals surface area contributed by atoms with E-state index in [0.29, 0.717) is 12.5 Å². The third kappa shape index (κ3) is 4.18. The first-order chi connectivity index (χ1) is 13.2. The highest BCUT2D eigenvalue weighted by atomic mass is 16.3. The zero-order chi connectivity index (χ0) is 18.6. The van der Waals surface area contributed by atoms with Crippen molar-refractivity contribution in [2.75, 3.05) is 31.6 Å². The molecular formula is C21H24N4O2. The van der Waals surface area contributed by atoms with Crippen LogP contribution >= 0.6 is 0 Å². The highest BCUT2D eigenvalue weighted by molar-refractivity contribution is 5.92. The standard InChI is InChI=1S/C21H24N4O2/c26-15-16-8-10-24(11-9-16)14-21(27)22-18-6-7-20-23-19(13-25(20)12-18)17-4-2-1-3-5-17/h1-7,12-13,16,26H,8-11,14-15H2,(H,22,27). The molecule has 27 heavy (non-hydrogen) atoms. The predicted molar refractivity (Wildman–Crippen MR) is 106 cm³/mol. The van der Waals surface area contributed by atoms with Crippen molar-refractivity contribution in [3.05, 3.63) is 54.9 Å². The van der Waals surface area contributed by atoms with Crippen molar-refractivity contribution in [3.63, 3.8) is 0 Å². The topological polar surface area (TPSA) is 69.9 Å². The first-order valence-corrected chi connectivity index (χ1v) is 9.38. The Bertz CT molecular complexity index is 914. The molecular weight excluding hydrogens is 340 g/mol. The van der Waals surface area contributed by atoms with Crippen molar-refractivity contribution >= 4 is 17.2 Å². The maximum Gasteiger partial charge on any atom is 0.238 e. The number of amides is 1. The minimum absolute atomic E-state index is 0.0137. The Morgan fingerprint density at radius 3 is 2.63 bits per heavy atom. The number of aliphatic hydroxyl groups is 1. The molecule has 1 aliphatic rings. The summed E-state index contributed by atoms with van der Waals surface area (Å²) in [6.07, 6.45) is 5.77. The van der Waals surface area contributed by atoms with Crippen molar-refractivity contribution in [2.45, 2.75) is 12.8 Å². The Balaban J connectivity index is 1.41. The van der Waals surface area contributed by atoms with Crippen LogP contribution in [0.1, 0.15) is 12.8 Å². The number of hydrogen-bond acceptors (Lipinski definition) is 4. The number of pyridine rings is 1. The summed E-state index contributed by atoms with van der Waals surface area (Å²) >= 11 is 0. The average Bonchev–Trinajstić information content (AvgIpc) is 3.12. The van der Waals surface area contributed by atoms with Crippen LogP contribution in [0.4, 0.5) is 5.69 Å². The van der Waals surface area contributed by atoms with E-state index in [-0.39, 0.29) is 12.5 Å². The SMILES string of the molecule is O=C(CN1CCC(CO)CC1)Nc1ccc2nc(-c3ccccc3)cn2c1. The summed E-state index contributed by atoms with van der Waals surface area (Å²) in [4.78, 5) is 19.1. The van der Waals surface area contributed by atoms with Gasteiger partial charge in [0.25, 0.3) is 0 Å². The molecule has 0 unspecified atom stereocenters. The number of fused-ring (bicyclic) bond motifs is 1. The fourth-order valence-electron chi connectivity index (χ4n) is 3.54. The number of aliphatic hydroxyl groups excluding tert-OH is 1. The van der Waals surface area contributed by atoms with E-state index in [4.69, 9.17) is 0 Å². The number of rotatable bonds is 5. The molecule has 0 radical (unpaired) electrons. The number of likely N-dealkylation sites (tertiary alicyclic amines) is 1. The Morgan fingerprint density at radius 2 is 1.89 bits per heavy atom. The van der Waals surface area contributed by atoms with Crippen molar-refractivity contribution in [1.29, 1.82) is 0 Å². The second-order valence-electron chi connectivity index (χ2n) is 7.13. The first-order valence-electron chi connectivity index (χ1n) is 9.38. The largest absolute Gasteiger partial charge is 0.396 e. The van der Waals surface area contributed by atoms with Gasteiger partial charge in [-0.2, -0.15) is 0 Å². The van der Waals surface area contributed by atoms with Crippen molar-refractivity contribution in [1.82, 2.24) is 14.3 Å². The summed E-state index contributed by atoms with van der Waals surface area (Å²) in [7, 11) is 0. The fourth-order valence-corrected chi connectivity index (χ4v) is 3.54. The Labute approximate surface area is 158 Å². The van der Waals surface area contributed by atoms with Crippen LogP contribution in [0.5, 0.6) is 0 Å². The molecule has 6 heteroatoms. The third-order valence-electron chi connectivity index (χ3n) is 5.14. The summed E-state index contributed by atoms with van der Waals surface area (Å²) in [5.41, 5.74) is 3.58. The quantitative estimate of drug-likeness (QED) is 0.730. The molecule has 1 saturated heterocycles. The molecule has 3 heterocycles. The van der Waals surface area contributed by atoms with E-state index in [2.05, 4.69) is 15.2 Å². The molecule has 1 fully saturated rings. The number of benzene rings is 1. The van der Waals surface area contributed by atoms with Gasteiger partial charge >= 0.3 is 0 Å². The summed E-state index contributed by atoms with van der Waals surface area (Å²) < 4.78 is 1.94. The van der Waals surface area contributed by atoms with E-state index in [1.165, 1.54) is 0 Å². The summed E-state index contributed by atoms with van der Waals surface area (Å²) in [6, 6.07) is 13.8. The van der Waals surface area contributed by atoms with E-state index in [1.54, 1.807) is 0 Å². The van der Waals surface area contributed by atoms with Crippen LogP contribution in [0.3, 0.4) is 0 Å². The van der Waals surface area contributed by atoms with Gasteiger partial charge in [-0.1, -0.05) is 30.3 Å². The zero-order valence-electron chi connectivity index (χ0n) is 15.2. The van der Waals surface area contributed by atoms with Crippen LogP contribution in [0.15, 0.2) is 54.9 Å². The van der Waals surface area contributed by atoms with Crippen LogP contribution in [-0.2, 0) is 4.79 Å². The van der Waals surface area contributed by atoms with Crippen LogP contribution in [0, 0.1) is 5.92 Å². The molecule has 1 aromatic carbocycles. The van der Waals surface area contributed by atoms with E-state index in [0.717, 1.165) is 48.5 Å². The van der Waals surface area contributed by atoms with Gasteiger partial charge in [0.15, 0.2) is 0 Å². The normalized spacial score (nSPS) is 15.9. The van der Waals surface area contributed by atoms with Gasteiger partial charge in [0, 0.05) is 24.6 Å². The number of carbonyl (C=O) groups is 1. The molecule has 1 aliphatic heterocycles. The van der Waals surface area contributed by atoms with Crippen molar-refractivity contribution in [2.24, 2.45) is 5.92 Å². The number of anilines is 1. The molecule has 0 atom stereocenters. The van der Waals surface area contributed by atoms with Gasteiger partial charge in [0.05, 0.1) is 17.9 Å². The molecule has 6 nitrogen and oxygen atoms in total. The molecule has 2 aromatic heterocycles. The molecule has 140 valence electrons. The van der Waals surface area contributed by atoms with Gasteiger partial charge in [0.1, 0.15) is 5.65 Å². The number of piperidine rings is 1. The number of nitrogens with one attached hydrogen (secondary N) is 1. The Kier molecular flexibility index (Phi) is 5.18. The molecule has 0 spiro atoms. The average molecular weight is 364 g/mol. The lowest BCUT2D eigenvalue weighted by Gasteiger charge is -2.30. The van der Waals surface area contributed by atoms with E-state index >= 15 is 0 Å². The van der Waals surface area contributed by atoms with Gasteiger partial charge in [-0.15, -0.1) is 0 Å². The van der Waals surface area contributed by atoms with Crippen LogP contribution < -0.4 is 5.32 Å². The first kappa shape index (κ1) is 17.7. The number of imidazole rings is 1. The maximum atomic E-state index is 12.4. The second-order valence-corrected chi connectivity index (χ2v) is 7.13.